The number of benzene rings is 1. The van der Waals surface area contributed by atoms with Gasteiger partial charge in [-0.05, 0) is 32.9 Å². The maximum absolute atomic E-state index is 11.4. The Morgan fingerprint density at radius 1 is 1.13 bits per heavy atom. The molecule has 0 saturated heterocycles. The molecule has 0 aromatic heterocycles. The SMILES string of the molecule is CCOCCOc1cc(C)c([O])c(C)c1. The quantitative estimate of drug-likeness (QED) is 0.699. The van der Waals surface area contributed by atoms with Crippen molar-refractivity contribution in [1.29, 1.82) is 0 Å². The van der Waals surface area contributed by atoms with Gasteiger partial charge in [0.2, 0.25) is 0 Å². The van der Waals surface area contributed by atoms with E-state index in [2.05, 4.69) is 0 Å². The van der Waals surface area contributed by atoms with Crippen molar-refractivity contribution >= 4 is 0 Å². The molecule has 1 aromatic rings. The number of rotatable bonds is 5. The number of hydrogen-bond donors (Lipinski definition) is 0. The fourth-order valence-corrected chi connectivity index (χ4v) is 1.36. The van der Waals surface area contributed by atoms with Gasteiger partial charge in [0, 0.05) is 17.7 Å². The van der Waals surface area contributed by atoms with E-state index in [9.17, 15) is 5.11 Å². The third-order valence-corrected chi connectivity index (χ3v) is 2.13. The van der Waals surface area contributed by atoms with Crippen molar-refractivity contribution in [2.75, 3.05) is 19.8 Å². The predicted molar refractivity (Wildman–Crippen MR) is 58.0 cm³/mol. The van der Waals surface area contributed by atoms with Gasteiger partial charge in [0.1, 0.15) is 12.4 Å². The maximum atomic E-state index is 11.4. The molecular weight excluding hydrogens is 192 g/mol. The zero-order valence-corrected chi connectivity index (χ0v) is 9.50. The molecule has 0 bridgehead atoms. The highest BCUT2D eigenvalue weighted by atomic mass is 16.5. The summed E-state index contributed by atoms with van der Waals surface area (Å²) in [6.07, 6.45) is 0. The summed E-state index contributed by atoms with van der Waals surface area (Å²) in [5.41, 5.74) is 1.45. The van der Waals surface area contributed by atoms with Crippen molar-refractivity contribution in [2.24, 2.45) is 0 Å². The summed E-state index contributed by atoms with van der Waals surface area (Å²) < 4.78 is 10.6. The summed E-state index contributed by atoms with van der Waals surface area (Å²) in [7, 11) is 0. The Balaban J connectivity index is 2.55. The van der Waals surface area contributed by atoms with Gasteiger partial charge < -0.3 is 9.47 Å². The average molecular weight is 209 g/mol. The molecule has 0 aliphatic carbocycles. The lowest BCUT2D eigenvalue weighted by Gasteiger charge is -2.08. The first-order chi connectivity index (χ1) is 7.15. The third-order valence-electron chi connectivity index (χ3n) is 2.13. The largest absolute Gasteiger partial charge is 0.491 e. The molecule has 0 amide bonds. The second-order valence-corrected chi connectivity index (χ2v) is 3.43. The van der Waals surface area contributed by atoms with Crippen LogP contribution in [-0.4, -0.2) is 19.8 Å². The highest BCUT2D eigenvalue weighted by Crippen LogP contribution is 2.27. The number of aryl methyl sites for hydroxylation is 2. The van der Waals surface area contributed by atoms with Crippen molar-refractivity contribution in [2.45, 2.75) is 20.8 Å². The van der Waals surface area contributed by atoms with Gasteiger partial charge in [-0.3, -0.25) is 5.11 Å². The molecule has 3 heteroatoms. The zero-order chi connectivity index (χ0) is 11.3. The minimum atomic E-state index is 0.0900. The summed E-state index contributed by atoms with van der Waals surface area (Å²) in [5, 5.41) is 11.4. The lowest BCUT2D eigenvalue weighted by molar-refractivity contribution is 0.110. The van der Waals surface area contributed by atoms with Crippen LogP contribution in [0.3, 0.4) is 0 Å². The van der Waals surface area contributed by atoms with Crippen LogP contribution in [0.4, 0.5) is 0 Å². The Hall–Kier alpha value is -1.22. The molecule has 1 aromatic carbocycles. The standard InChI is InChI=1S/C12H17O3/c1-4-14-5-6-15-11-7-9(2)12(13)10(3)8-11/h7-8H,4-6H2,1-3H3. The highest BCUT2D eigenvalue weighted by Gasteiger charge is 2.05. The van der Waals surface area contributed by atoms with Crippen molar-refractivity contribution in [3.8, 4) is 11.5 Å². The van der Waals surface area contributed by atoms with E-state index in [-0.39, 0.29) is 5.75 Å². The topological polar surface area (TPSA) is 38.4 Å². The molecule has 15 heavy (non-hydrogen) atoms. The van der Waals surface area contributed by atoms with Gasteiger partial charge >= 0.3 is 0 Å². The van der Waals surface area contributed by atoms with E-state index < -0.39 is 0 Å². The Kier molecular flexibility index (Phi) is 4.43. The lowest BCUT2D eigenvalue weighted by Crippen LogP contribution is -2.06. The van der Waals surface area contributed by atoms with E-state index in [1.54, 1.807) is 26.0 Å². The third kappa shape index (κ3) is 3.44. The summed E-state index contributed by atoms with van der Waals surface area (Å²) in [6, 6.07) is 3.53. The number of ether oxygens (including phenoxy) is 2. The number of hydrogen-bond acceptors (Lipinski definition) is 2. The summed E-state index contributed by atoms with van der Waals surface area (Å²) in [6.45, 7) is 7.33. The van der Waals surface area contributed by atoms with Crippen LogP contribution in [-0.2, 0) is 9.84 Å². The molecule has 0 aliphatic rings. The monoisotopic (exact) mass is 209 g/mol. The van der Waals surface area contributed by atoms with Crippen LogP contribution in [0.15, 0.2) is 12.1 Å². The first-order valence-corrected chi connectivity index (χ1v) is 5.14. The summed E-state index contributed by atoms with van der Waals surface area (Å²) >= 11 is 0. The van der Waals surface area contributed by atoms with Crippen LogP contribution in [0, 0.1) is 13.8 Å². The minimum Gasteiger partial charge on any atom is -0.491 e. The van der Waals surface area contributed by atoms with Gasteiger partial charge in [-0.25, -0.2) is 0 Å². The van der Waals surface area contributed by atoms with Crippen molar-refractivity contribution < 1.29 is 14.6 Å². The van der Waals surface area contributed by atoms with Crippen LogP contribution >= 0.6 is 0 Å². The minimum absolute atomic E-state index is 0.0900. The molecule has 1 radical (unpaired) electrons. The van der Waals surface area contributed by atoms with E-state index in [1.165, 1.54) is 0 Å². The first-order valence-electron chi connectivity index (χ1n) is 5.14. The molecule has 0 spiro atoms. The Morgan fingerprint density at radius 2 is 1.73 bits per heavy atom. The highest BCUT2D eigenvalue weighted by molar-refractivity contribution is 5.44. The van der Waals surface area contributed by atoms with E-state index in [0.29, 0.717) is 19.8 Å². The Labute approximate surface area is 90.6 Å². The van der Waals surface area contributed by atoms with Crippen LogP contribution in [0.2, 0.25) is 0 Å². The maximum Gasteiger partial charge on any atom is 0.184 e. The molecule has 0 N–H and O–H groups in total. The average Bonchev–Trinajstić information content (AvgIpc) is 2.21. The van der Waals surface area contributed by atoms with Crippen LogP contribution in [0.1, 0.15) is 18.1 Å². The molecular formula is C12H17O3. The van der Waals surface area contributed by atoms with Crippen molar-refractivity contribution in [3.05, 3.63) is 23.3 Å². The van der Waals surface area contributed by atoms with E-state index in [4.69, 9.17) is 9.47 Å². The van der Waals surface area contributed by atoms with Crippen LogP contribution in [0.25, 0.3) is 0 Å². The van der Waals surface area contributed by atoms with E-state index >= 15 is 0 Å². The van der Waals surface area contributed by atoms with Crippen LogP contribution in [0.5, 0.6) is 11.5 Å². The summed E-state index contributed by atoms with van der Waals surface area (Å²) in [5.74, 6) is 0.830. The van der Waals surface area contributed by atoms with Crippen molar-refractivity contribution in [3.63, 3.8) is 0 Å². The van der Waals surface area contributed by atoms with E-state index in [1.807, 2.05) is 6.92 Å². The van der Waals surface area contributed by atoms with Crippen LogP contribution < -0.4 is 4.74 Å². The molecule has 0 aliphatic heterocycles. The second kappa shape index (κ2) is 5.61. The molecule has 0 fully saturated rings. The summed E-state index contributed by atoms with van der Waals surface area (Å²) in [4.78, 5) is 0. The first kappa shape index (κ1) is 11.9. The molecule has 1 rings (SSSR count). The van der Waals surface area contributed by atoms with Gasteiger partial charge in [0.05, 0.1) is 6.61 Å². The Bertz CT molecular complexity index is 298. The van der Waals surface area contributed by atoms with Gasteiger partial charge in [-0.2, -0.15) is 0 Å². The molecule has 3 nitrogen and oxygen atoms in total. The van der Waals surface area contributed by atoms with Gasteiger partial charge in [0.15, 0.2) is 5.75 Å². The predicted octanol–water partition coefficient (Wildman–Crippen LogP) is 2.86. The Morgan fingerprint density at radius 3 is 2.27 bits per heavy atom. The molecule has 0 atom stereocenters. The van der Waals surface area contributed by atoms with Gasteiger partial charge in [-0.1, -0.05) is 0 Å². The lowest BCUT2D eigenvalue weighted by atomic mass is 10.1. The smallest absolute Gasteiger partial charge is 0.184 e. The molecule has 0 saturated carbocycles. The molecule has 83 valence electrons. The fourth-order valence-electron chi connectivity index (χ4n) is 1.36. The fraction of sp³-hybridized carbons (Fsp3) is 0.500. The molecule has 0 heterocycles. The van der Waals surface area contributed by atoms with Crippen molar-refractivity contribution in [1.82, 2.24) is 0 Å². The second-order valence-electron chi connectivity index (χ2n) is 3.43. The zero-order valence-electron chi connectivity index (χ0n) is 9.50. The van der Waals surface area contributed by atoms with Gasteiger partial charge in [-0.15, -0.1) is 0 Å². The molecule has 0 unspecified atom stereocenters. The normalized spacial score (nSPS) is 10.3. The van der Waals surface area contributed by atoms with Gasteiger partial charge in [0.25, 0.3) is 0 Å². The van der Waals surface area contributed by atoms with E-state index in [0.717, 1.165) is 16.9 Å².